The highest BCUT2D eigenvalue weighted by Gasteiger charge is 2.80. The van der Waals surface area contributed by atoms with Crippen LogP contribution in [0, 0.1) is 6.92 Å². The Morgan fingerprint density at radius 2 is 1.03 bits per heavy atom. The molecule has 2 aromatic carbocycles. The van der Waals surface area contributed by atoms with Gasteiger partial charge in [-0.25, -0.2) is 0 Å². The molecule has 0 spiro atoms. The number of alkyl halides is 6. The van der Waals surface area contributed by atoms with Gasteiger partial charge in [-0.3, -0.25) is 0 Å². The third kappa shape index (κ3) is 4.01. The molecule has 5 rings (SSSR count). The first-order valence-electron chi connectivity index (χ1n) is 11.9. The van der Waals surface area contributed by atoms with Gasteiger partial charge in [0.25, 0.3) is 0 Å². The lowest BCUT2D eigenvalue weighted by Gasteiger charge is -2.26. The van der Waals surface area contributed by atoms with Crippen LogP contribution in [0.15, 0.2) is 72.8 Å². The molecule has 9 heteroatoms. The minimum atomic E-state index is -5.59. The van der Waals surface area contributed by atoms with Crippen LogP contribution in [-0.2, 0) is 0 Å². The average molecular weight is 579 g/mol. The number of thiophene rings is 2. The highest BCUT2D eigenvalue weighted by Crippen LogP contribution is 2.65. The van der Waals surface area contributed by atoms with Gasteiger partial charge in [0.15, 0.2) is 0 Å². The molecular weight excluding hydrogens is 555 g/mol. The maximum atomic E-state index is 15.7. The summed E-state index contributed by atoms with van der Waals surface area (Å²) in [7, 11) is -2.44. The van der Waals surface area contributed by atoms with E-state index in [-0.39, 0.29) is 16.0 Å². The van der Waals surface area contributed by atoms with Crippen molar-refractivity contribution in [1.29, 1.82) is 0 Å². The van der Waals surface area contributed by atoms with E-state index >= 15 is 26.3 Å². The van der Waals surface area contributed by atoms with Crippen molar-refractivity contribution in [3.8, 4) is 20.9 Å². The normalized spacial score (nSPS) is 18.3. The summed E-state index contributed by atoms with van der Waals surface area (Å²) in [6.07, 6.45) is 0. The SMILES string of the molecule is Cc1sc(-c2ccccc2)cc1C1=C(c2cc(-c3ccccc3)sc2[Si](C)(C)C)C(F)(F)C(F)(F)C1(F)F. The minimum Gasteiger partial charge on any atom is -0.194 e. The summed E-state index contributed by atoms with van der Waals surface area (Å²) in [5, 5.41) is 0. The summed E-state index contributed by atoms with van der Waals surface area (Å²) in [5.41, 5.74) is -1.59. The zero-order chi connectivity index (χ0) is 27.7. The van der Waals surface area contributed by atoms with Crippen molar-refractivity contribution in [1.82, 2.24) is 0 Å². The lowest BCUT2D eigenvalue weighted by atomic mass is 9.95. The van der Waals surface area contributed by atoms with E-state index in [1.54, 1.807) is 60.7 Å². The van der Waals surface area contributed by atoms with Gasteiger partial charge in [-0.1, -0.05) is 80.3 Å². The summed E-state index contributed by atoms with van der Waals surface area (Å²) in [6.45, 7) is 7.18. The quantitative estimate of drug-likeness (QED) is 0.163. The van der Waals surface area contributed by atoms with Gasteiger partial charge in [-0.2, -0.15) is 26.3 Å². The van der Waals surface area contributed by atoms with Gasteiger partial charge in [0.05, 0.1) is 8.07 Å². The van der Waals surface area contributed by atoms with Gasteiger partial charge in [0.1, 0.15) is 0 Å². The molecule has 0 amide bonds. The predicted octanol–water partition coefficient (Wildman–Crippen LogP) is 9.83. The lowest BCUT2D eigenvalue weighted by molar-refractivity contribution is -0.254. The van der Waals surface area contributed by atoms with Gasteiger partial charge in [0, 0.05) is 25.8 Å². The third-order valence-electron chi connectivity index (χ3n) is 6.65. The van der Waals surface area contributed by atoms with E-state index in [1.165, 1.54) is 30.4 Å². The Labute approximate surface area is 226 Å². The molecular formula is C29H24F6S2Si. The first-order chi connectivity index (χ1) is 17.7. The number of benzene rings is 2. The van der Waals surface area contributed by atoms with Crippen molar-refractivity contribution >= 4 is 46.4 Å². The Morgan fingerprint density at radius 1 is 0.605 bits per heavy atom. The van der Waals surface area contributed by atoms with Gasteiger partial charge >= 0.3 is 17.8 Å². The average Bonchev–Trinajstić information content (AvgIpc) is 3.49. The number of allylic oxidation sites excluding steroid dienone is 2. The van der Waals surface area contributed by atoms with Crippen molar-refractivity contribution in [2.24, 2.45) is 0 Å². The number of hydrogen-bond donors (Lipinski definition) is 0. The fraction of sp³-hybridized carbons (Fsp3) is 0.241. The van der Waals surface area contributed by atoms with E-state index in [9.17, 15) is 0 Å². The third-order valence-corrected chi connectivity index (χ3v) is 12.5. The molecule has 0 radical (unpaired) electrons. The first-order valence-corrected chi connectivity index (χ1v) is 17.1. The molecule has 1 aliphatic carbocycles. The molecule has 0 saturated heterocycles. The van der Waals surface area contributed by atoms with Crippen LogP contribution < -0.4 is 4.50 Å². The summed E-state index contributed by atoms with van der Waals surface area (Å²) < 4.78 is 93.1. The Kier molecular flexibility index (Phi) is 6.36. The van der Waals surface area contributed by atoms with Crippen molar-refractivity contribution in [2.75, 3.05) is 0 Å². The fourth-order valence-corrected chi connectivity index (χ4v) is 9.30. The fourth-order valence-electron chi connectivity index (χ4n) is 4.79. The van der Waals surface area contributed by atoms with Crippen molar-refractivity contribution < 1.29 is 26.3 Å². The number of rotatable bonds is 5. The van der Waals surface area contributed by atoms with Crippen LogP contribution in [0.3, 0.4) is 0 Å². The second-order valence-electron chi connectivity index (χ2n) is 10.4. The van der Waals surface area contributed by atoms with Gasteiger partial charge < -0.3 is 0 Å². The van der Waals surface area contributed by atoms with Crippen molar-refractivity contribution in [2.45, 2.75) is 44.3 Å². The summed E-state index contributed by atoms with van der Waals surface area (Å²) >= 11 is 2.34. The van der Waals surface area contributed by atoms with E-state index in [2.05, 4.69) is 0 Å². The van der Waals surface area contributed by atoms with E-state index in [0.717, 1.165) is 11.3 Å². The molecule has 0 bridgehead atoms. The van der Waals surface area contributed by atoms with E-state index in [0.29, 0.717) is 25.4 Å². The monoisotopic (exact) mass is 578 g/mol. The van der Waals surface area contributed by atoms with E-state index < -0.39 is 37.0 Å². The van der Waals surface area contributed by atoms with Crippen LogP contribution in [0.4, 0.5) is 26.3 Å². The van der Waals surface area contributed by atoms with E-state index in [1.807, 2.05) is 19.6 Å². The van der Waals surface area contributed by atoms with Crippen LogP contribution in [-0.4, -0.2) is 25.8 Å². The van der Waals surface area contributed by atoms with Crippen LogP contribution in [0.1, 0.15) is 16.0 Å². The highest BCUT2D eigenvalue weighted by molar-refractivity contribution is 7.29. The zero-order valence-electron chi connectivity index (χ0n) is 21.0. The van der Waals surface area contributed by atoms with Crippen molar-refractivity contribution in [3.05, 3.63) is 88.8 Å². The standard InChI is InChI=1S/C29H24F6S2Si/c1-17-20(15-22(36-17)18-11-7-5-8-12-18)24-25(28(32,33)29(34,35)27(24,30)31)21-16-23(19-13-9-6-10-14-19)37-26(21)38(2,3)4/h5-16H,1-4H3. The molecule has 2 heterocycles. The second-order valence-corrected chi connectivity index (χ2v) is 18.1. The van der Waals surface area contributed by atoms with Crippen LogP contribution in [0.5, 0.6) is 0 Å². The maximum absolute atomic E-state index is 15.7. The van der Waals surface area contributed by atoms with Crippen LogP contribution in [0.25, 0.3) is 32.0 Å². The van der Waals surface area contributed by atoms with Crippen molar-refractivity contribution in [3.63, 3.8) is 0 Å². The molecule has 0 nitrogen and oxygen atoms in total. The molecule has 4 aromatic rings. The predicted molar refractivity (Wildman–Crippen MR) is 149 cm³/mol. The molecule has 0 unspecified atom stereocenters. The topological polar surface area (TPSA) is 0 Å². The van der Waals surface area contributed by atoms with Gasteiger partial charge in [-0.15, -0.1) is 22.7 Å². The molecule has 2 aromatic heterocycles. The van der Waals surface area contributed by atoms with Crippen LogP contribution >= 0.6 is 22.7 Å². The smallest absolute Gasteiger partial charge is 0.194 e. The number of hydrogen-bond acceptors (Lipinski definition) is 2. The number of aryl methyl sites for hydroxylation is 1. The van der Waals surface area contributed by atoms with Crippen LogP contribution in [0.2, 0.25) is 19.6 Å². The number of halogens is 6. The van der Waals surface area contributed by atoms with Gasteiger partial charge in [0.2, 0.25) is 0 Å². The molecule has 1 aliphatic rings. The van der Waals surface area contributed by atoms with Gasteiger partial charge in [-0.05, 0) is 45.8 Å². The first kappa shape index (κ1) is 27.0. The second kappa shape index (κ2) is 8.96. The molecule has 38 heavy (non-hydrogen) atoms. The molecule has 0 N–H and O–H groups in total. The summed E-state index contributed by atoms with van der Waals surface area (Å²) in [4.78, 5) is 1.39. The molecule has 0 fully saturated rings. The summed E-state index contributed by atoms with van der Waals surface area (Å²) in [5.74, 6) is -15.7. The van der Waals surface area contributed by atoms with E-state index in [4.69, 9.17) is 0 Å². The Hall–Kier alpha value is -2.62. The Morgan fingerprint density at radius 3 is 1.50 bits per heavy atom. The molecule has 0 saturated carbocycles. The maximum Gasteiger partial charge on any atom is 0.380 e. The molecule has 0 aliphatic heterocycles. The highest BCUT2D eigenvalue weighted by atomic mass is 32.1. The summed E-state index contributed by atoms with van der Waals surface area (Å²) in [6, 6.07) is 20.5. The molecule has 198 valence electrons. The lowest BCUT2D eigenvalue weighted by Crippen LogP contribution is -2.49. The minimum absolute atomic E-state index is 0.197. The Bertz CT molecular complexity index is 1530. The zero-order valence-corrected chi connectivity index (χ0v) is 23.6. The largest absolute Gasteiger partial charge is 0.380 e. The Balaban J connectivity index is 1.85. The molecule has 0 atom stereocenters.